The van der Waals surface area contributed by atoms with E-state index in [-0.39, 0.29) is 16.7 Å². The molecule has 3 aromatic rings. The van der Waals surface area contributed by atoms with Crippen LogP contribution in [0.25, 0.3) is 11.0 Å². The van der Waals surface area contributed by atoms with Gasteiger partial charge in [-0.15, -0.1) is 4.40 Å². The van der Waals surface area contributed by atoms with Crippen molar-refractivity contribution in [2.24, 2.45) is 10.3 Å². The first-order chi connectivity index (χ1) is 15.5. The molecule has 0 saturated carbocycles. The number of piperidine rings is 1. The van der Waals surface area contributed by atoms with Crippen LogP contribution in [0.3, 0.4) is 0 Å². The third-order valence-electron chi connectivity index (χ3n) is 6.04. The number of sulfonamides is 1. The summed E-state index contributed by atoms with van der Waals surface area (Å²) in [5.41, 5.74) is 2.46. The molecule has 1 saturated heterocycles. The van der Waals surface area contributed by atoms with E-state index in [0.29, 0.717) is 30.4 Å². The highest BCUT2D eigenvalue weighted by Gasteiger charge is 2.35. The first-order valence-electron chi connectivity index (χ1n) is 10.9. The van der Waals surface area contributed by atoms with Crippen molar-refractivity contribution in [3.63, 3.8) is 0 Å². The minimum atomic E-state index is -3.68. The highest BCUT2D eigenvalue weighted by atomic mass is 32.2. The number of imidazole rings is 1. The molecule has 0 bridgehead atoms. The normalized spacial score (nSPS) is 19.6. The number of hydrogen-bond donors (Lipinski definition) is 1. The van der Waals surface area contributed by atoms with Crippen molar-refractivity contribution in [2.75, 3.05) is 18.4 Å². The summed E-state index contributed by atoms with van der Waals surface area (Å²) >= 11 is 0. The number of amides is 1. The topological polar surface area (TPSA) is 96.7 Å². The summed E-state index contributed by atoms with van der Waals surface area (Å²) in [4.78, 5) is 20.0. The van der Waals surface area contributed by atoms with Crippen LogP contribution in [0.1, 0.15) is 31.7 Å². The molecule has 0 radical (unpaired) electrons. The summed E-state index contributed by atoms with van der Waals surface area (Å²) < 4.78 is 30.9. The van der Waals surface area contributed by atoms with E-state index in [2.05, 4.69) is 21.6 Å². The molecule has 2 aliphatic heterocycles. The van der Waals surface area contributed by atoms with Gasteiger partial charge >= 0.3 is 0 Å². The van der Waals surface area contributed by atoms with Crippen LogP contribution in [-0.2, 0) is 21.4 Å². The molecule has 1 N–H and O–H groups in total. The number of carbonyl (C=O) groups is 1. The third-order valence-corrected chi connectivity index (χ3v) is 7.37. The van der Waals surface area contributed by atoms with Gasteiger partial charge in [0.05, 0.1) is 17.0 Å². The number of likely N-dealkylation sites (tertiary alicyclic amines) is 1. The maximum absolute atomic E-state index is 13.2. The summed E-state index contributed by atoms with van der Waals surface area (Å²) in [6.45, 7) is 3.94. The number of para-hydroxylation sites is 2. The number of benzene rings is 2. The second kappa shape index (κ2) is 8.05. The second-order valence-corrected chi connectivity index (χ2v) is 9.81. The SMILES string of the molecule is CCCn1c(NC(=O)C2CCCN(C3=NS(=O)(=O)c4ccccc43)C2)nc2ccccc21. The zero-order valence-electron chi connectivity index (χ0n) is 17.9. The van der Waals surface area contributed by atoms with Crippen LogP contribution in [0, 0.1) is 5.92 Å². The summed E-state index contributed by atoms with van der Waals surface area (Å²) in [6, 6.07) is 14.7. The Labute approximate surface area is 187 Å². The van der Waals surface area contributed by atoms with Gasteiger partial charge < -0.3 is 9.47 Å². The fourth-order valence-corrected chi connectivity index (χ4v) is 5.76. The number of nitrogens with one attached hydrogen (secondary N) is 1. The molecule has 1 amide bonds. The first-order valence-corrected chi connectivity index (χ1v) is 12.4. The minimum absolute atomic E-state index is 0.0999. The Morgan fingerprint density at radius 1 is 1.16 bits per heavy atom. The number of aromatic nitrogens is 2. The molecule has 1 fully saturated rings. The van der Waals surface area contributed by atoms with E-state index in [1.54, 1.807) is 18.2 Å². The lowest BCUT2D eigenvalue weighted by molar-refractivity contribution is -0.121. The van der Waals surface area contributed by atoms with Gasteiger partial charge in [-0.3, -0.25) is 10.1 Å². The molecule has 1 aromatic heterocycles. The summed E-state index contributed by atoms with van der Waals surface area (Å²) in [6.07, 6.45) is 2.44. The fourth-order valence-electron chi connectivity index (χ4n) is 4.53. The lowest BCUT2D eigenvalue weighted by atomic mass is 9.96. The van der Waals surface area contributed by atoms with Crippen LogP contribution >= 0.6 is 0 Å². The van der Waals surface area contributed by atoms with Crippen molar-refractivity contribution in [1.29, 1.82) is 0 Å². The van der Waals surface area contributed by atoms with Crippen molar-refractivity contribution in [1.82, 2.24) is 14.5 Å². The Bertz CT molecular complexity index is 1330. The molecule has 32 heavy (non-hydrogen) atoms. The van der Waals surface area contributed by atoms with Crippen molar-refractivity contribution < 1.29 is 13.2 Å². The summed E-state index contributed by atoms with van der Waals surface area (Å²) in [5, 5.41) is 3.03. The molecule has 1 atom stereocenters. The van der Waals surface area contributed by atoms with E-state index < -0.39 is 10.0 Å². The van der Waals surface area contributed by atoms with E-state index in [4.69, 9.17) is 0 Å². The van der Waals surface area contributed by atoms with Gasteiger partial charge in [-0.1, -0.05) is 31.2 Å². The van der Waals surface area contributed by atoms with Gasteiger partial charge in [-0.25, -0.2) is 4.98 Å². The van der Waals surface area contributed by atoms with Gasteiger partial charge in [0.1, 0.15) is 4.90 Å². The maximum Gasteiger partial charge on any atom is 0.285 e. The molecular formula is C23H25N5O3S. The van der Waals surface area contributed by atoms with Gasteiger partial charge in [-0.05, 0) is 43.5 Å². The molecule has 5 rings (SSSR count). The number of nitrogens with zero attached hydrogens (tertiary/aromatic N) is 4. The molecule has 1 unspecified atom stereocenters. The lowest BCUT2D eigenvalue weighted by Crippen LogP contribution is -2.44. The number of hydrogen-bond acceptors (Lipinski definition) is 5. The van der Waals surface area contributed by atoms with E-state index in [0.717, 1.165) is 36.8 Å². The van der Waals surface area contributed by atoms with E-state index >= 15 is 0 Å². The molecule has 9 heteroatoms. The Balaban J connectivity index is 1.38. The predicted molar refractivity (Wildman–Crippen MR) is 123 cm³/mol. The number of amidine groups is 1. The number of fused-ring (bicyclic) bond motifs is 2. The minimum Gasteiger partial charge on any atom is -0.355 e. The highest BCUT2D eigenvalue weighted by molar-refractivity contribution is 7.90. The molecule has 166 valence electrons. The lowest BCUT2D eigenvalue weighted by Gasteiger charge is -2.33. The number of rotatable bonds is 4. The summed E-state index contributed by atoms with van der Waals surface area (Å²) in [5.74, 6) is 0.617. The number of aryl methyl sites for hydroxylation is 1. The predicted octanol–water partition coefficient (Wildman–Crippen LogP) is 3.25. The Hall–Kier alpha value is -3.20. The first kappa shape index (κ1) is 20.7. The van der Waals surface area contributed by atoms with Crippen LogP contribution in [-0.4, -0.2) is 47.7 Å². The average Bonchev–Trinajstić information content (AvgIpc) is 3.29. The number of carbonyl (C=O) groups excluding carboxylic acids is 1. The quantitative estimate of drug-likeness (QED) is 0.657. The van der Waals surface area contributed by atoms with Gasteiger partial charge in [0.25, 0.3) is 10.0 Å². The van der Waals surface area contributed by atoms with Crippen molar-refractivity contribution >= 4 is 38.7 Å². The monoisotopic (exact) mass is 451 g/mol. The molecule has 8 nitrogen and oxygen atoms in total. The van der Waals surface area contributed by atoms with E-state index in [1.807, 2.05) is 39.8 Å². The zero-order chi connectivity index (χ0) is 22.3. The second-order valence-electron chi connectivity index (χ2n) is 8.24. The molecule has 0 spiro atoms. The van der Waals surface area contributed by atoms with Crippen LogP contribution < -0.4 is 5.32 Å². The molecule has 0 aliphatic carbocycles. The van der Waals surface area contributed by atoms with Gasteiger partial charge in [0, 0.05) is 25.2 Å². The van der Waals surface area contributed by atoms with Gasteiger partial charge in [0.15, 0.2) is 5.84 Å². The largest absolute Gasteiger partial charge is 0.355 e. The molecular weight excluding hydrogens is 426 g/mol. The fraction of sp³-hybridized carbons (Fsp3) is 0.348. The van der Waals surface area contributed by atoms with Crippen LogP contribution in [0.5, 0.6) is 0 Å². The Kier molecular flexibility index (Phi) is 5.21. The van der Waals surface area contributed by atoms with Crippen molar-refractivity contribution in [2.45, 2.75) is 37.6 Å². The van der Waals surface area contributed by atoms with Crippen LogP contribution in [0.4, 0.5) is 5.95 Å². The van der Waals surface area contributed by atoms with Crippen LogP contribution in [0.15, 0.2) is 57.8 Å². The number of anilines is 1. The Morgan fingerprint density at radius 3 is 2.78 bits per heavy atom. The smallest absolute Gasteiger partial charge is 0.285 e. The van der Waals surface area contributed by atoms with E-state index in [1.165, 1.54) is 0 Å². The molecule has 2 aliphatic rings. The van der Waals surface area contributed by atoms with Crippen molar-refractivity contribution in [3.8, 4) is 0 Å². The van der Waals surface area contributed by atoms with Crippen LogP contribution in [0.2, 0.25) is 0 Å². The third kappa shape index (κ3) is 3.56. The average molecular weight is 452 g/mol. The van der Waals surface area contributed by atoms with Gasteiger partial charge in [0.2, 0.25) is 11.9 Å². The summed E-state index contributed by atoms with van der Waals surface area (Å²) in [7, 11) is -3.68. The molecule has 3 heterocycles. The maximum atomic E-state index is 13.2. The standard InChI is InChI=1S/C23H25N5O3S/c1-2-13-28-19-11-5-4-10-18(19)24-23(28)25-22(29)16-8-7-14-27(15-16)21-17-9-3-6-12-20(17)32(30,31)26-21/h3-6,9-12,16H,2,7-8,13-15H2,1H3,(H,24,25,29). The molecule has 2 aromatic carbocycles. The van der Waals surface area contributed by atoms with E-state index in [9.17, 15) is 13.2 Å². The highest BCUT2D eigenvalue weighted by Crippen LogP contribution is 2.30. The van der Waals surface area contributed by atoms with Gasteiger partial charge in [-0.2, -0.15) is 8.42 Å². The Morgan fingerprint density at radius 2 is 1.94 bits per heavy atom. The zero-order valence-corrected chi connectivity index (χ0v) is 18.7. The van der Waals surface area contributed by atoms with Crippen molar-refractivity contribution in [3.05, 3.63) is 54.1 Å².